The van der Waals surface area contributed by atoms with Gasteiger partial charge in [0.1, 0.15) is 6.33 Å². The summed E-state index contributed by atoms with van der Waals surface area (Å²) >= 11 is 0. The highest BCUT2D eigenvalue weighted by atomic mass is 16.2. The Balaban J connectivity index is 1.93. The third kappa shape index (κ3) is 4.79. The first kappa shape index (κ1) is 18.4. The van der Waals surface area contributed by atoms with Crippen LogP contribution in [0, 0.1) is 11.8 Å². The zero-order valence-electron chi connectivity index (χ0n) is 14.8. The lowest BCUT2D eigenvalue weighted by molar-refractivity contribution is -0.136. The number of carbonyl (C=O) groups excluding carboxylic acids is 2. The number of hydrogen-bond donors (Lipinski definition) is 2. The second-order valence-corrected chi connectivity index (χ2v) is 6.45. The molecule has 0 radical (unpaired) electrons. The lowest BCUT2D eigenvalue weighted by Gasteiger charge is -2.29. The molecule has 1 fully saturated rings. The van der Waals surface area contributed by atoms with Gasteiger partial charge < -0.3 is 15.2 Å². The molecule has 1 heterocycles. The molecule has 0 saturated heterocycles. The number of aromatic nitrogens is 3. The van der Waals surface area contributed by atoms with Crippen LogP contribution in [0.3, 0.4) is 0 Å². The Morgan fingerprint density at radius 3 is 2.42 bits per heavy atom. The van der Waals surface area contributed by atoms with Gasteiger partial charge in [-0.15, -0.1) is 10.2 Å². The lowest BCUT2D eigenvalue weighted by Crippen LogP contribution is -2.43. The Kier molecular flexibility index (Phi) is 7.21. The predicted octanol–water partition coefficient (Wildman–Crippen LogP) is 1.64. The van der Waals surface area contributed by atoms with E-state index in [2.05, 4.69) is 27.8 Å². The normalized spacial score (nSPS) is 20.6. The van der Waals surface area contributed by atoms with Crippen LogP contribution < -0.4 is 10.6 Å². The van der Waals surface area contributed by atoms with Crippen LogP contribution in [0.5, 0.6) is 0 Å². The van der Waals surface area contributed by atoms with Gasteiger partial charge in [0.05, 0.1) is 6.54 Å². The number of amides is 2. The monoisotopic (exact) mass is 335 g/mol. The molecule has 1 aromatic heterocycles. The van der Waals surface area contributed by atoms with Crippen molar-refractivity contribution in [1.82, 2.24) is 25.4 Å². The number of rotatable bonds is 8. The highest BCUT2D eigenvalue weighted by Gasteiger charge is 2.35. The van der Waals surface area contributed by atoms with E-state index in [1.54, 1.807) is 6.33 Å². The van der Waals surface area contributed by atoms with Gasteiger partial charge in [-0.25, -0.2) is 0 Å². The molecule has 134 valence electrons. The Morgan fingerprint density at radius 1 is 1.12 bits per heavy atom. The highest BCUT2D eigenvalue weighted by Crippen LogP contribution is 2.30. The fraction of sp³-hybridized carbons (Fsp3) is 0.765. The molecule has 1 aliphatic rings. The number of nitrogens with zero attached hydrogens (tertiary/aromatic N) is 3. The molecule has 2 rings (SSSR count). The molecule has 1 saturated carbocycles. The zero-order valence-corrected chi connectivity index (χ0v) is 14.8. The standard InChI is InChI=1S/C17H29N5O2/c1-3-9-18-16(23)13-7-5-6-8-14(13)17(24)19-11-15-21-20-12-22(15)10-4-2/h12-14H,3-11H2,1-2H3,(H,18,23)(H,19,24)/t13-,14+/m0/s1. The molecule has 7 heteroatoms. The fourth-order valence-corrected chi connectivity index (χ4v) is 3.28. The molecule has 0 aromatic carbocycles. The maximum atomic E-state index is 12.6. The summed E-state index contributed by atoms with van der Waals surface area (Å²) in [5, 5.41) is 13.9. The molecule has 2 N–H and O–H groups in total. The average molecular weight is 335 g/mol. The van der Waals surface area contributed by atoms with Crippen molar-refractivity contribution in [3.8, 4) is 0 Å². The van der Waals surface area contributed by atoms with E-state index >= 15 is 0 Å². The van der Waals surface area contributed by atoms with Crippen LogP contribution in [0.25, 0.3) is 0 Å². The lowest BCUT2D eigenvalue weighted by atomic mass is 9.78. The molecular weight excluding hydrogens is 306 g/mol. The fourth-order valence-electron chi connectivity index (χ4n) is 3.28. The van der Waals surface area contributed by atoms with E-state index < -0.39 is 0 Å². The van der Waals surface area contributed by atoms with E-state index in [1.807, 2.05) is 11.5 Å². The smallest absolute Gasteiger partial charge is 0.224 e. The van der Waals surface area contributed by atoms with Crippen LogP contribution in [0.4, 0.5) is 0 Å². The summed E-state index contributed by atoms with van der Waals surface area (Å²) in [5.41, 5.74) is 0. The van der Waals surface area contributed by atoms with E-state index in [0.29, 0.717) is 13.1 Å². The van der Waals surface area contributed by atoms with Gasteiger partial charge in [0.15, 0.2) is 5.82 Å². The molecule has 1 aliphatic carbocycles. The third-order valence-electron chi connectivity index (χ3n) is 4.57. The van der Waals surface area contributed by atoms with Crippen molar-refractivity contribution in [1.29, 1.82) is 0 Å². The van der Waals surface area contributed by atoms with Gasteiger partial charge in [-0.1, -0.05) is 26.7 Å². The molecule has 0 aliphatic heterocycles. The number of aryl methyl sites for hydroxylation is 1. The minimum atomic E-state index is -0.238. The SMILES string of the molecule is CCCNC(=O)[C@H]1CCCC[C@H]1C(=O)NCc1nncn1CCC. The third-order valence-corrected chi connectivity index (χ3v) is 4.57. The van der Waals surface area contributed by atoms with E-state index in [9.17, 15) is 9.59 Å². The summed E-state index contributed by atoms with van der Waals surface area (Å²) in [7, 11) is 0. The van der Waals surface area contributed by atoms with Gasteiger partial charge in [-0.2, -0.15) is 0 Å². The summed E-state index contributed by atoms with van der Waals surface area (Å²) in [6.45, 7) is 5.98. The van der Waals surface area contributed by atoms with Crippen molar-refractivity contribution < 1.29 is 9.59 Å². The Hall–Kier alpha value is -1.92. The molecule has 0 spiro atoms. The van der Waals surface area contributed by atoms with E-state index in [1.165, 1.54) is 0 Å². The molecule has 24 heavy (non-hydrogen) atoms. The van der Waals surface area contributed by atoms with Crippen LogP contribution in [0.1, 0.15) is 58.2 Å². The number of nitrogens with one attached hydrogen (secondary N) is 2. The van der Waals surface area contributed by atoms with Gasteiger partial charge in [0, 0.05) is 24.9 Å². The minimum absolute atomic E-state index is 0.0193. The molecule has 7 nitrogen and oxygen atoms in total. The summed E-state index contributed by atoms with van der Waals surface area (Å²) in [4.78, 5) is 24.9. The van der Waals surface area contributed by atoms with Crippen LogP contribution in [-0.2, 0) is 22.7 Å². The van der Waals surface area contributed by atoms with E-state index in [-0.39, 0.29) is 23.7 Å². The number of hydrogen-bond acceptors (Lipinski definition) is 4. The van der Waals surface area contributed by atoms with Crippen LogP contribution >= 0.6 is 0 Å². The first-order chi connectivity index (χ1) is 11.7. The minimum Gasteiger partial charge on any atom is -0.356 e. The summed E-state index contributed by atoms with van der Waals surface area (Å²) in [6.07, 6.45) is 7.16. The Bertz CT molecular complexity index is 543. The Labute approximate surface area is 143 Å². The van der Waals surface area contributed by atoms with Crippen LogP contribution in [0.15, 0.2) is 6.33 Å². The molecular formula is C17H29N5O2. The van der Waals surface area contributed by atoms with Crippen molar-refractivity contribution in [2.24, 2.45) is 11.8 Å². The molecule has 0 bridgehead atoms. The molecule has 2 atom stereocenters. The van der Waals surface area contributed by atoms with Crippen molar-refractivity contribution in [3.63, 3.8) is 0 Å². The highest BCUT2D eigenvalue weighted by molar-refractivity contribution is 5.87. The molecule has 0 unspecified atom stereocenters. The van der Waals surface area contributed by atoms with Crippen molar-refractivity contribution >= 4 is 11.8 Å². The summed E-state index contributed by atoms with van der Waals surface area (Å²) in [5.74, 6) is 0.285. The van der Waals surface area contributed by atoms with E-state index in [0.717, 1.165) is 50.9 Å². The van der Waals surface area contributed by atoms with Crippen molar-refractivity contribution in [3.05, 3.63) is 12.2 Å². The second-order valence-electron chi connectivity index (χ2n) is 6.45. The van der Waals surface area contributed by atoms with Crippen molar-refractivity contribution in [2.45, 2.75) is 65.5 Å². The largest absolute Gasteiger partial charge is 0.356 e. The average Bonchev–Trinajstić information content (AvgIpc) is 3.05. The molecule has 1 aromatic rings. The summed E-state index contributed by atoms with van der Waals surface area (Å²) < 4.78 is 1.95. The quantitative estimate of drug-likeness (QED) is 0.756. The van der Waals surface area contributed by atoms with Gasteiger partial charge in [-0.05, 0) is 25.7 Å². The zero-order chi connectivity index (χ0) is 17.4. The topological polar surface area (TPSA) is 88.9 Å². The van der Waals surface area contributed by atoms with Gasteiger partial charge >= 0.3 is 0 Å². The van der Waals surface area contributed by atoms with Crippen molar-refractivity contribution in [2.75, 3.05) is 6.54 Å². The molecule has 2 amide bonds. The van der Waals surface area contributed by atoms with Crippen LogP contribution in [0.2, 0.25) is 0 Å². The van der Waals surface area contributed by atoms with E-state index in [4.69, 9.17) is 0 Å². The van der Waals surface area contributed by atoms with Gasteiger partial charge in [0.25, 0.3) is 0 Å². The van der Waals surface area contributed by atoms with Gasteiger partial charge in [-0.3, -0.25) is 9.59 Å². The Morgan fingerprint density at radius 2 is 1.79 bits per heavy atom. The summed E-state index contributed by atoms with van der Waals surface area (Å²) in [6, 6.07) is 0. The second kappa shape index (κ2) is 9.39. The van der Waals surface area contributed by atoms with Crippen LogP contribution in [-0.4, -0.2) is 33.1 Å². The predicted molar refractivity (Wildman–Crippen MR) is 90.9 cm³/mol. The van der Waals surface area contributed by atoms with Gasteiger partial charge in [0.2, 0.25) is 11.8 Å². The number of carbonyl (C=O) groups is 2. The first-order valence-electron chi connectivity index (χ1n) is 9.09. The maximum absolute atomic E-state index is 12.6. The first-order valence-corrected chi connectivity index (χ1v) is 9.09. The maximum Gasteiger partial charge on any atom is 0.224 e.